The minimum Gasteiger partial charge on any atom is -0.466 e. The highest BCUT2D eigenvalue weighted by molar-refractivity contribution is 7.15. The van der Waals surface area contributed by atoms with E-state index in [9.17, 15) is 4.79 Å². The number of unbranched alkanes of at least 4 members (excludes halogenated alkanes) is 1. The van der Waals surface area contributed by atoms with Gasteiger partial charge in [0.2, 0.25) is 0 Å². The van der Waals surface area contributed by atoms with Crippen LogP contribution in [0.3, 0.4) is 0 Å². The highest BCUT2D eigenvalue weighted by atomic mass is 32.1. The van der Waals surface area contributed by atoms with E-state index in [0.717, 1.165) is 36.4 Å². The molecule has 0 spiro atoms. The number of benzene rings is 1. The number of hydrogen-bond acceptors (Lipinski definition) is 4. The average molecular weight is 331 g/mol. The molecule has 0 bridgehead atoms. The Morgan fingerprint density at radius 2 is 1.91 bits per heavy atom. The van der Waals surface area contributed by atoms with Gasteiger partial charge in [0.25, 0.3) is 0 Å². The van der Waals surface area contributed by atoms with Crippen LogP contribution >= 0.6 is 11.3 Å². The molecule has 2 rings (SSSR count). The summed E-state index contributed by atoms with van der Waals surface area (Å²) >= 11 is 1.77. The lowest BCUT2D eigenvalue weighted by Crippen LogP contribution is -2.03. The standard InChI is InChI=1S/C19H25NO2S/c1-4-15-10-12-16(13-11-15)19-20-14(3)17(23-19)8-6-7-9-18(21)22-5-2/h10-13H,4-9H2,1-3H3. The fourth-order valence-electron chi connectivity index (χ4n) is 2.45. The van der Waals surface area contributed by atoms with Crippen molar-refractivity contribution in [2.45, 2.75) is 52.9 Å². The first kappa shape index (κ1) is 17.7. The zero-order valence-corrected chi connectivity index (χ0v) is 15.0. The fraction of sp³-hybridized carbons (Fsp3) is 0.474. The molecule has 1 heterocycles. The van der Waals surface area contributed by atoms with E-state index >= 15 is 0 Å². The lowest BCUT2D eigenvalue weighted by molar-refractivity contribution is -0.143. The zero-order valence-electron chi connectivity index (χ0n) is 14.2. The number of nitrogens with zero attached hydrogens (tertiary/aromatic N) is 1. The van der Waals surface area contributed by atoms with Crippen molar-refractivity contribution in [1.29, 1.82) is 0 Å². The number of ether oxygens (including phenoxy) is 1. The predicted molar refractivity (Wildman–Crippen MR) is 95.9 cm³/mol. The van der Waals surface area contributed by atoms with Crippen LogP contribution in [-0.4, -0.2) is 17.6 Å². The largest absolute Gasteiger partial charge is 0.466 e. The molecule has 23 heavy (non-hydrogen) atoms. The Morgan fingerprint density at radius 3 is 2.57 bits per heavy atom. The Balaban J connectivity index is 1.91. The predicted octanol–water partition coefficient (Wildman–Crippen LogP) is 4.96. The van der Waals surface area contributed by atoms with E-state index in [0.29, 0.717) is 13.0 Å². The van der Waals surface area contributed by atoms with Crippen molar-refractivity contribution in [2.75, 3.05) is 6.61 Å². The molecule has 0 N–H and O–H groups in total. The third-order valence-corrected chi connectivity index (χ3v) is 5.11. The first-order valence-corrected chi connectivity index (χ1v) is 9.17. The summed E-state index contributed by atoms with van der Waals surface area (Å²) in [7, 11) is 0. The number of aromatic nitrogens is 1. The van der Waals surface area contributed by atoms with E-state index in [1.165, 1.54) is 16.0 Å². The van der Waals surface area contributed by atoms with Crippen molar-refractivity contribution in [3.63, 3.8) is 0 Å². The van der Waals surface area contributed by atoms with Crippen LogP contribution in [0, 0.1) is 6.92 Å². The maximum atomic E-state index is 11.3. The topological polar surface area (TPSA) is 39.2 Å². The Kier molecular flexibility index (Phi) is 6.78. The van der Waals surface area contributed by atoms with Crippen molar-refractivity contribution >= 4 is 17.3 Å². The average Bonchev–Trinajstić information content (AvgIpc) is 2.93. The van der Waals surface area contributed by atoms with E-state index in [1.807, 2.05) is 6.92 Å². The van der Waals surface area contributed by atoms with Gasteiger partial charge < -0.3 is 4.74 Å². The van der Waals surface area contributed by atoms with Gasteiger partial charge in [0, 0.05) is 16.9 Å². The molecule has 1 aromatic heterocycles. The van der Waals surface area contributed by atoms with Gasteiger partial charge in [-0.25, -0.2) is 4.98 Å². The van der Waals surface area contributed by atoms with Crippen LogP contribution in [-0.2, 0) is 22.4 Å². The molecule has 124 valence electrons. The molecule has 0 atom stereocenters. The summed E-state index contributed by atoms with van der Waals surface area (Å²) in [5, 5.41) is 1.09. The van der Waals surface area contributed by atoms with E-state index in [1.54, 1.807) is 11.3 Å². The first-order chi connectivity index (χ1) is 11.1. The van der Waals surface area contributed by atoms with Crippen molar-refractivity contribution in [3.8, 4) is 10.6 Å². The minimum atomic E-state index is -0.0924. The Hall–Kier alpha value is -1.68. The monoisotopic (exact) mass is 331 g/mol. The lowest BCUT2D eigenvalue weighted by atomic mass is 10.1. The smallest absolute Gasteiger partial charge is 0.305 e. The molecule has 0 saturated carbocycles. The van der Waals surface area contributed by atoms with Gasteiger partial charge in [-0.3, -0.25) is 4.79 Å². The summed E-state index contributed by atoms with van der Waals surface area (Å²) in [6, 6.07) is 8.65. The highest BCUT2D eigenvalue weighted by Crippen LogP contribution is 2.29. The van der Waals surface area contributed by atoms with Gasteiger partial charge in [0.15, 0.2) is 0 Å². The molecule has 1 aromatic carbocycles. The normalized spacial score (nSPS) is 10.7. The third kappa shape index (κ3) is 5.17. The molecule has 0 aliphatic rings. The lowest BCUT2D eigenvalue weighted by Gasteiger charge is -2.01. The van der Waals surface area contributed by atoms with Gasteiger partial charge in [-0.1, -0.05) is 31.2 Å². The maximum Gasteiger partial charge on any atom is 0.305 e. The number of aryl methyl sites for hydroxylation is 3. The number of hydrogen-bond donors (Lipinski definition) is 0. The van der Waals surface area contributed by atoms with Gasteiger partial charge in [-0.2, -0.15) is 0 Å². The van der Waals surface area contributed by atoms with Gasteiger partial charge in [0.05, 0.1) is 12.3 Å². The van der Waals surface area contributed by atoms with Crippen LogP contribution in [0.2, 0.25) is 0 Å². The number of carbonyl (C=O) groups excluding carboxylic acids is 1. The molecule has 4 heteroatoms. The van der Waals surface area contributed by atoms with Gasteiger partial charge >= 0.3 is 5.97 Å². The van der Waals surface area contributed by atoms with Crippen molar-refractivity contribution in [1.82, 2.24) is 4.98 Å². The van der Waals surface area contributed by atoms with Crippen LogP contribution in [0.25, 0.3) is 10.6 Å². The number of carbonyl (C=O) groups is 1. The molecule has 0 aliphatic carbocycles. The van der Waals surface area contributed by atoms with Crippen LogP contribution in [0.4, 0.5) is 0 Å². The Labute approximate surface area is 142 Å². The quantitative estimate of drug-likeness (QED) is 0.507. The molecule has 0 saturated heterocycles. The molecule has 0 unspecified atom stereocenters. The van der Waals surface area contributed by atoms with Crippen LogP contribution in [0.1, 0.15) is 49.2 Å². The number of esters is 1. The summed E-state index contributed by atoms with van der Waals surface area (Å²) in [5.74, 6) is -0.0924. The van der Waals surface area contributed by atoms with E-state index in [-0.39, 0.29) is 5.97 Å². The molecule has 0 fully saturated rings. The third-order valence-electron chi connectivity index (χ3n) is 3.84. The summed E-state index contributed by atoms with van der Waals surface area (Å²) in [6.07, 6.45) is 4.42. The van der Waals surface area contributed by atoms with Crippen LogP contribution in [0.15, 0.2) is 24.3 Å². The van der Waals surface area contributed by atoms with Gasteiger partial charge in [0.1, 0.15) is 5.01 Å². The molecule has 0 amide bonds. The van der Waals surface area contributed by atoms with Gasteiger partial charge in [-0.15, -0.1) is 11.3 Å². The van der Waals surface area contributed by atoms with Gasteiger partial charge in [-0.05, 0) is 45.1 Å². The maximum absolute atomic E-state index is 11.3. The van der Waals surface area contributed by atoms with Crippen LogP contribution < -0.4 is 0 Å². The Bertz CT molecular complexity index is 631. The molecular formula is C19H25NO2S. The van der Waals surface area contributed by atoms with Crippen molar-refractivity contribution in [3.05, 3.63) is 40.4 Å². The Morgan fingerprint density at radius 1 is 1.17 bits per heavy atom. The number of thiazole rings is 1. The second kappa shape index (κ2) is 8.82. The second-order valence-corrected chi connectivity index (χ2v) is 6.67. The van der Waals surface area contributed by atoms with E-state index in [4.69, 9.17) is 9.72 Å². The molecular weight excluding hydrogens is 306 g/mol. The highest BCUT2D eigenvalue weighted by Gasteiger charge is 2.10. The summed E-state index contributed by atoms with van der Waals surface area (Å²) < 4.78 is 4.95. The van der Waals surface area contributed by atoms with Crippen molar-refractivity contribution < 1.29 is 9.53 Å². The van der Waals surface area contributed by atoms with E-state index in [2.05, 4.69) is 38.1 Å². The van der Waals surface area contributed by atoms with Crippen molar-refractivity contribution in [2.24, 2.45) is 0 Å². The molecule has 0 radical (unpaired) electrons. The number of rotatable bonds is 8. The fourth-order valence-corrected chi connectivity index (χ4v) is 3.56. The summed E-state index contributed by atoms with van der Waals surface area (Å²) in [4.78, 5) is 17.4. The summed E-state index contributed by atoms with van der Waals surface area (Å²) in [5.41, 5.74) is 3.65. The molecule has 2 aromatic rings. The molecule has 3 nitrogen and oxygen atoms in total. The zero-order chi connectivity index (χ0) is 16.7. The summed E-state index contributed by atoms with van der Waals surface area (Å²) in [6.45, 7) is 6.54. The van der Waals surface area contributed by atoms with E-state index < -0.39 is 0 Å². The SMILES string of the molecule is CCOC(=O)CCCCc1sc(-c2ccc(CC)cc2)nc1C. The minimum absolute atomic E-state index is 0.0924. The van der Waals surface area contributed by atoms with Crippen LogP contribution in [0.5, 0.6) is 0 Å². The first-order valence-electron chi connectivity index (χ1n) is 8.35. The second-order valence-electron chi connectivity index (χ2n) is 5.59. The molecule has 0 aliphatic heterocycles.